The van der Waals surface area contributed by atoms with E-state index in [1.807, 2.05) is 0 Å². The fourth-order valence-corrected chi connectivity index (χ4v) is 0. The average molecular weight is 148 g/mol. The third-order valence-electron chi connectivity index (χ3n) is 0.167. The van der Waals surface area contributed by atoms with E-state index in [1.54, 1.807) is 6.08 Å². The number of hydrogen-bond donors (Lipinski definition) is 1. The van der Waals surface area contributed by atoms with Crippen LogP contribution in [-0.4, -0.2) is 6.54 Å². The molecule has 2 N–H and O–H groups in total. The van der Waals surface area contributed by atoms with Gasteiger partial charge in [-0.1, -0.05) is 6.08 Å². The Morgan fingerprint density at radius 3 is 2.00 bits per heavy atom. The molecule has 0 radical (unpaired) electrons. The van der Waals surface area contributed by atoms with Crippen LogP contribution in [0, 0.1) is 0 Å². The van der Waals surface area contributed by atoms with Crippen LogP contribution in [0.1, 0.15) is 0 Å². The second-order valence-corrected chi connectivity index (χ2v) is 0.524. The topological polar surface area (TPSA) is 26.0 Å². The van der Waals surface area contributed by atoms with Crippen molar-refractivity contribution in [2.45, 2.75) is 0 Å². The Morgan fingerprint density at radius 2 is 2.00 bits per heavy atom. The van der Waals surface area contributed by atoms with Crippen molar-refractivity contribution >= 4 is 0 Å². The van der Waals surface area contributed by atoms with E-state index < -0.39 is 0 Å². The first-order chi connectivity index (χ1) is 1.91. The van der Waals surface area contributed by atoms with Gasteiger partial charge < -0.3 is 5.73 Å². The molecule has 0 bridgehead atoms. The van der Waals surface area contributed by atoms with Crippen LogP contribution in [0.4, 0.5) is 0 Å². The van der Waals surface area contributed by atoms with Crippen LogP contribution in [-0.2, 0) is 26.2 Å². The molecule has 5 heavy (non-hydrogen) atoms. The van der Waals surface area contributed by atoms with Crippen molar-refractivity contribution in [1.82, 2.24) is 0 Å². The minimum Gasteiger partial charge on any atom is -0.327 e. The van der Waals surface area contributed by atoms with Gasteiger partial charge in [0.2, 0.25) is 0 Å². The van der Waals surface area contributed by atoms with Crippen LogP contribution in [0.25, 0.3) is 0 Å². The molecule has 0 heterocycles. The molecular formula is C3H7NZr. The Labute approximate surface area is 51.4 Å². The predicted molar refractivity (Wildman–Crippen MR) is 19.3 cm³/mol. The molecule has 0 fully saturated rings. The summed E-state index contributed by atoms with van der Waals surface area (Å²) in [4.78, 5) is 0. The zero-order chi connectivity index (χ0) is 3.41. The van der Waals surface area contributed by atoms with Crippen LogP contribution in [0.2, 0.25) is 0 Å². The fraction of sp³-hybridized carbons (Fsp3) is 0.333. The Kier molecular flexibility index (Phi) is 16.1. The summed E-state index contributed by atoms with van der Waals surface area (Å²) < 4.78 is 0. The third-order valence-corrected chi connectivity index (χ3v) is 0.167. The van der Waals surface area contributed by atoms with Gasteiger partial charge in [-0.3, -0.25) is 0 Å². The second kappa shape index (κ2) is 8.82. The van der Waals surface area contributed by atoms with Crippen molar-refractivity contribution in [3.8, 4) is 0 Å². The molecule has 0 atom stereocenters. The molecule has 0 rings (SSSR count). The van der Waals surface area contributed by atoms with Crippen molar-refractivity contribution in [1.29, 1.82) is 0 Å². The molecule has 0 aliphatic rings. The third kappa shape index (κ3) is 12.2. The molecule has 1 nitrogen and oxygen atoms in total. The van der Waals surface area contributed by atoms with E-state index in [9.17, 15) is 0 Å². The molecule has 0 aromatic carbocycles. The number of rotatable bonds is 1. The standard InChI is InChI=1S/C3H7N.Zr/c1-2-3-4;/h2H,1,3-4H2;. The van der Waals surface area contributed by atoms with Crippen molar-refractivity contribution in [3.05, 3.63) is 12.7 Å². The van der Waals surface area contributed by atoms with Gasteiger partial charge in [0.15, 0.2) is 0 Å². The van der Waals surface area contributed by atoms with Crippen LogP contribution in [0.3, 0.4) is 0 Å². The van der Waals surface area contributed by atoms with Crippen LogP contribution < -0.4 is 5.73 Å². The number of nitrogens with two attached hydrogens (primary N) is 1. The fourth-order valence-electron chi connectivity index (χ4n) is 0. The molecule has 0 aliphatic carbocycles. The monoisotopic (exact) mass is 147 g/mol. The maximum Gasteiger partial charge on any atom is 0.0104 e. The minimum absolute atomic E-state index is 0. The maximum absolute atomic E-state index is 4.91. The van der Waals surface area contributed by atoms with Crippen molar-refractivity contribution < 1.29 is 26.2 Å². The van der Waals surface area contributed by atoms with Crippen molar-refractivity contribution in [2.75, 3.05) is 6.54 Å². The van der Waals surface area contributed by atoms with E-state index in [4.69, 9.17) is 5.73 Å². The first-order valence-electron chi connectivity index (χ1n) is 1.22. The zero-order valence-electron chi connectivity index (χ0n) is 3.07. The molecule has 0 unspecified atom stereocenters. The Hall–Kier alpha value is 0.583. The molecule has 0 aromatic rings. The SMILES string of the molecule is C=CCN.[Zr]. The summed E-state index contributed by atoms with van der Waals surface area (Å²) in [6, 6.07) is 0. The van der Waals surface area contributed by atoms with E-state index >= 15 is 0 Å². The van der Waals surface area contributed by atoms with E-state index in [1.165, 1.54) is 0 Å². The summed E-state index contributed by atoms with van der Waals surface area (Å²) in [7, 11) is 0. The van der Waals surface area contributed by atoms with Crippen LogP contribution >= 0.6 is 0 Å². The maximum atomic E-state index is 4.91. The quantitative estimate of drug-likeness (QED) is 0.526. The van der Waals surface area contributed by atoms with Gasteiger partial charge in [-0.25, -0.2) is 0 Å². The molecule has 0 aromatic heterocycles. The summed E-state index contributed by atoms with van der Waals surface area (Å²) in [5.41, 5.74) is 4.91. The average Bonchev–Trinajstić information content (AvgIpc) is 1.37. The molecule has 2 heteroatoms. The van der Waals surface area contributed by atoms with Gasteiger partial charge in [0, 0.05) is 32.7 Å². The first kappa shape index (κ1) is 9.13. The van der Waals surface area contributed by atoms with E-state index in [0.717, 1.165) is 0 Å². The molecule has 28 valence electrons. The molecule has 0 saturated heterocycles. The molecule has 0 spiro atoms. The summed E-state index contributed by atoms with van der Waals surface area (Å²) in [6.07, 6.45) is 1.65. The Morgan fingerprint density at radius 1 is 1.80 bits per heavy atom. The van der Waals surface area contributed by atoms with E-state index in [-0.39, 0.29) is 26.2 Å². The molecule has 0 aliphatic heterocycles. The van der Waals surface area contributed by atoms with Crippen LogP contribution in [0.15, 0.2) is 12.7 Å². The van der Waals surface area contributed by atoms with Gasteiger partial charge in [-0.15, -0.1) is 6.58 Å². The summed E-state index contributed by atoms with van der Waals surface area (Å²) in [6.45, 7) is 3.94. The van der Waals surface area contributed by atoms with Gasteiger partial charge in [0.25, 0.3) is 0 Å². The smallest absolute Gasteiger partial charge is 0.0104 e. The molecular weight excluding hydrogens is 141 g/mol. The Balaban J connectivity index is 0. The normalized spacial score (nSPS) is 5.00. The largest absolute Gasteiger partial charge is 0.327 e. The van der Waals surface area contributed by atoms with Gasteiger partial charge in [-0.05, 0) is 0 Å². The molecule has 0 amide bonds. The van der Waals surface area contributed by atoms with Gasteiger partial charge in [0.05, 0.1) is 0 Å². The summed E-state index contributed by atoms with van der Waals surface area (Å²) >= 11 is 0. The summed E-state index contributed by atoms with van der Waals surface area (Å²) in [5, 5.41) is 0. The first-order valence-corrected chi connectivity index (χ1v) is 1.22. The van der Waals surface area contributed by atoms with Crippen molar-refractivity contribution in [2.24, 2.45) is 5.73 Å². The minimum atomic E-state index is 0. The predicted octanol–water partition coefficient (Wildman–Crippen LogP) is 0.129. The summed E-state index contributed by atoms with van der Waals surface area (Å²) in [5.74, 6) is 0. The molecule has 0 saturated carbocycles. The van der Waals surface area contributed by atoms with Gasteiger partial charge >= 0.3 is 0 Å². The van der Waals surface area contributed by atoms with Gasteiger partial charge in [-0.2, -0.15) is 0 Å². The Bertz CT molecular complexity index is 20.9. The van der Waals surface area contributed by atoms with Gasteiger partial charge in [0.1, 0.15) is 0 Å². The van der Waals surface area contributed by atoms with E-state index in [2.05, 4.69) is 6.58 Å². The number of hydrogen-bond acceptors (Lipinski definition) is 1. The zero-order valence-corrected chi connectivity index (χ0v) is 5.53. The van der Waals surface area contributed by atoms with E-state index in [0.29, 0.717) is 6.54 Å². The van der Waals surface area contributed by atoms with Crippen LogP contribution in [0.5, 0.6) is 0 Å². The second-order valence-electron chi connectivity index (χ2n) is 0.524. The van der Waals surface area contributed by atoms with Crippen molar-refractivity contribution in [3.63, 3.8) is 0 Å².